The van der Waals surface area contributed by atoms with Gasteiger partial charge in [-0.1, -0.05) is 41.4 Å². The molecule has 2 aromatic carbocycles. The van der Waals surface area contributed by atoms with Gasteiger partial charge in [0.05, 0.1) is 0 Å². The van der Waals surface area contributed by atoms with Crippen molar-refractivity contribution >= 4 is 40.6 Å². The van der Waals surface area contributed by atoms with Gasteiger partial charge in [-0.3, -0.25) is 9.59 Å². The summed E-state index contributed by atoms with van der Waals surface area (Å²) in [4.78, 5) is 23.5. The van der Waals surface area contributed by atoms with Crippen LogP contribution in [0.5, 0.6) is 0 Å². The number of halogens is 2. The minimum absolute atomic E-state index is 0.128. The van der Waals surface area contributed by atoms with Crippen molar-refractivity contribution in [2.24, 2.45) is 5.73 Å². The Bertz CT molecular complexity index is 712. The third kappa shape index (κ3) is 3.40. The molecule has 6 heteroatoms. The number of carbonyl (C=O) groups is 2. The number of anilines is 1. The third-order valence-corrected chi connectivity index (χ3v) is 3.84. The Morgan fingerprint density at radius 3 is 2.18 bits per heavy atom. The Balaban J connectivity index is 2.48. The van der Waals surface area contributed by atoms with Gasteiger partial charge in [-0.2, -0.15) is 0 Å². The van der Waals surface area contributed by atoms with E-state index in [1.54, 1.807) is 42.5 Å². The van der Waals surface area contributed by atoms with Gasteiger partial charge in [0.25, 0.3) is 0 Å². The Labute approximate surface area is 138 Å². The summed E-state index contributed by atoms with van der Waals surface area (Å²) in [6.45, 7) is 1.45. The lowest BCUT2D eigenvalue weighted by atomic mass is 10.0. The van der Waals surface area contributed by atoms with Crippen LogP contribution in [0.4, 0.5) is 5.69 Å². The SMILES string of the molecule is CC(=O)c1ccccc1N[C@H](C(N)=O)c1c(Cl)cccc1Cl. The minimum atomic E-state index is -0.943. The van der Waals surface area contributed by atoms with Crippen molar-refractivity contribution in [1.29, 1.82) is 0 Å². The van der Waals surface area contributed by atoms with Gasteiger partial charge in [0.15, 0.2) is 5.78 Å². The van der Waals surface area contributed by atoms with E-state index in [1.165, 1.54) is 6.92 Å². The minimum Gasteiger partial charge on any atom is -0.369 e. The van der Waals surface area contributed by atoms with Crippen molar-refractivity contribution in [3.05, 3.63) is 63.6 Å². The largest absolute Gasteiger partial charge is 0.369 e. The zero-order valence-electron chi connectivity index (χ0n) is 11.8. The molecule has 0 heterocycles. The van der Waals surface area contributed by atoms with Gasteiger partial charge in [-0.15, -0.1) is 0 Å². The van der Waals surface area contributed by atoms with Crippen molar-refractivity contribution in [2.45, 2.75) is 13.0 Å². The average molecular weight is 337 g/mol. The number of nitrogens with one attached hydrogen (secondary N) is 1. The van der Waals surface area contributed by atoms with Crippen molar-refractivity contribution in [1.82, 2.24) is 0 Å². The second-order valence-electron chi connectivity index (χ2n) is 4.72. The molecule has 1 amide bonds. The molecule has 0 aliphatic rings. The van der Waals surface area contributed by atoms with Crippen molar-refractivity contribution in [3.8, 4) is 0 Å². The standard InChI is InChI=1S/C16H14Cl2N2O2/c1-9(21)10-5-2-3-8-13(10)20-15(16(19)22)14-11(17)6-4-7-12(14)18/h2-8,15,20H,1H3,(H2,19,22)/t15-/m0/s1. The molecule has 2 aromatic rings. The molecule has 0 saturated heterocycles. The summed E-state index contributed by atoms with van der Waals surface area (Å²) in [6, 6.07) is 10.8. The van der Waals surface area contributed by atoms with Crippen LogP contribution in [0.25, 0.3) is 0 Å². The van der Waals surface area contributed by atoms with E-state index in [0.717, 1.165) is 0 Å². The molecular formula is C16H14Cl2N2O2. The molecular weight excluding hydrogens is 323 g/mol. The molecule has 0 bridgehead atoms. The van der Waals surface area contributed by atoms with Crippen LogP contribution in [0.15, 0.2) is 42.5 Å². The average Bonchev–Trinajstić information content (AvgIpc) is 2.46. The first-order chi connectivity index (χ1) is 10.4. The normalized spacial score (nSPS) is 11.8. The monoisotopic (exact) mass is 336 g/mol. The zero-order chi connectivity index (χ0) is 16.3. The fourth-order valence-electron chi connectivity index (χ4n) is 2.14. The summed E-state index contributed by atoms with van der Waals surface area (Å²) in [5.74, 6) is -0.773. The second-order valence-corrected chi connectivity index (χ2v) is 5.53. The van der Waals surface area contributed by atoms with E-state index in [9.17, 15) is 9.59 Å². The van der Waals surface area contributed by atoms with Crippen molar-refractivity contribution < 1.29 is 9.59 Å². The van der Waals surface area contributed by atoms with Gasteiger partial charge >= 0.3 is 0 Å². The van der Waals surface area contributed by atoms with E-state index in [0.29, 0.717) is 26.9 Å². The lowest BCUT2D eigenvalue weighted by Crippen LogP contribution is -2.28. The summed E-state index contributed by atoms with van der Waals surface area (Å²) in [6.07, 6.45) is 0. The number of nitrogens with two attached hydrogens (primary N) is 1. The van der Waals surface area contributed by atoms with Crippen molar-refractivity contribution in [2.75, 3.05) is 5.32 Å². The zero-order valence-corrected chi connectivity index (χ0v) is 13.3. The van der Waals surface area contributed by atoms with Gasteiger partial charge in [0.2, 0.25) is 5.91 Å². The highest BCUT2D eigenvalue weighted by molar-refractivity contribution is 6.36. The van der Waals surface area contributed by atoms with Crippen LogP contribution in [-0.2, 0) is 4.79 Å². The van der Waals surface area contributed by atoms with E-state index in [4.69, 9.17) is 28.9 Å². The maximum Gasteiger partial charge on any atom is 0.244 e. The van der Waals surface area contributed by atoms with Crippen LogP contribution < -0.4 is 11.1 Å². The van der Waals surface area contributed by atoms with Crippen molar-refractivity contribution in [3.63, 3.8) is 0 Å². The summed E-state index contributed by atoms with van der Waals surface area (Å²) < 4.78 is 0. The summed E-state index contributed by atoms with van der Waals surface area (Å²) in [5.41, 5.74) is 6.81. The predicted molar refractivity (Wildman–Crippen MR) is 88.5 cm³/mol. The third-order valence-electron chi connectivity index (χ3n) is 3.18. The van der Waals surface area contributed by atoms with E-state index in [1.807, 2.05) is 0 Å². The first-order valence-electron chi connectivity index (χ1n) is 6.51. The number of primary amides is 1. The van der Waals surface area contributed by atoms with Gasteiger partial charge < -0.3 is 11.1 Å². The number of carbonyl (C=O) groups excluding carboxylic acids is 2. The number of benzene rings is 2. The van der Waals surface area contributed by atoms with Crippen LogP contribution in [0, 0.1) is 0 Å². The first kappa shape index (κ1) is 16.3. The Hall–Kier alpha value is -2.04. The highest BCUT2D eigenvalue weighted by atomic mass is 35.5. The molecule has 0 aliphatic carbocycles. The van der Waals surface area contributed by atoms with Gasteiger partial charge in [-0.05, 0) is 31.2 Å². The van der Waals surface area contributed by atoms with Crippen LogP contribution >= 0.6 is 23.2 Å². The molecule has 114 valence electrons. The summed E-state index contributed by atoms with van der Waals surface area (Å²) >= 11 is 12.3. The predicted octanol–water partition coefficient (Wildman–Crippen LogP) is 3.83. The van der Waals surface area contributed by atoms with Gasteiger partial charge in [0.1, 0.15) is 6.04 Å². The van der Waals surface area contributed by atoms with Crippen LogP contribution in [0.2, 0.25) is 10.0 Å². The smallest absolute Gasteiger partial charge is 0.244 e. The highest BCUT2D eigenvalue weighted by Crippen LogP contribution is 2.33. The van der Waals surface area contributed by atoms with E-state index in [2.05, 4.69) is 5.32 Å². The molecule has 0 saturated carbocycles. The Morgan fingerprint density at radius 2 is 1.64 bits per heavy atom. The van der Waals surface area contributed by atoms with Crippen LogP contribution in [0.1, 0.15) is 28.9 Å². The fourth-order valence-corrected chi connectivity index (χ4v) is 2.76. The number of rotatable bonds is 5. The summed E-state index contributed by atoms with van der Waals surface area (Å²) in [7, 11) is 0. The molecule has 2 rings (SSSR count). The lowest BCUT2D eigenvalue weighted by Gasteiger charge is -2.21. The Kier molecular flexibility index (Phi) is 5.06. The molecule has 22 heavy (non-hydrogen) atoms. The second kappa shape index (κ2) is 6.81. The number of ketones is 1. The maximum absolute atomic E-state index is 11.8. The lowest BCUT2D eigenvalue weighted by molar-refractivity contribution is -0.118. The van der Waals surface area contributed by atoms with Gasteiger partial charge in [-0.25, -0.2) is 0 Å². The van der Waals surface area contributed by atoms with Crippen LogP contribution in [-0.4, -0.2) is 11.7 Å². The quantitative estimate of drug-likeness (QED) is 0.815. The topological polar surface area (TPSA) is 72.2 Å². The summed E-state index contributed by atoms with van der Waals surface area (Å²) in [5, 5.41) is 3.61. The molecule has 0 aliphatic heterocycles. The number of para-hydroxylation sites is 1. The van der Waals surface area contributed by atoms with Gasteiger partial charge in [0, 0.05) is 26.9 Å². The van der Waals surface area contributed by atoms with E-state index >= 15 is 0 Å². The first-order valence-corrected chi connectivity index (χ1v) is 7.27. The maximum atomic E-state index is 11.8. The molecule has 0 unspecified atom stereocenters. The Morgan fingerprint density at radius 1 is 1.05 bits per heavy atom. The molecule has 1 atom stereocenters. The van der Waals surface area contributed by atoms with E-state index < -0.39 is 11.9 Å². The molecule has 4 nitrogen and oxygen atoms in total. The number of hydrogen-bond acceptors (Lipinski definition) is 3. The molecule has 0 fully saturated rings. The number of amides is 1. The van der Waals surface area contributed by atoms with Crippen LogP contribution in [0.3, 0.4) is 0 Å². The molecule has 3 N–H and O–H groups in total. The number of hydrogen-bond donors (Lipinski definition) is 2. The van der Waals surface area contributed by atoms with E-state index in [-0.39, 0.29) is 5.78 Å². The fraction of sp³-hybridized carbons (Fsp3) is 0.125. The molecule has 0 radical (unpaired) electrons. The highest BCUT2D eigenvalue weighted by Gasteiger charge is 2.24. The molecule has 0 aromatic heterocycles. The molecule has 0 spiro atoms. The number of Topliss-reactive ketones (excluding diaryl/α,β-unsaturated/α-hetero) is 1.